The molecule has 0 spiro atoms. The second-order valence-corrected chi connectivity index (χ2v) is 5.79. The SMILES string of the molecule is OC(Cc1ccnc2ccccc12)c1cc(Br)ccc1F. The largest absolute Gasteiger partial charge is 0.388 e. The van der Waals surface area contributed by atoms with Gasteiger partial charge in [0.25, 0.3) is 0 Å². The fourth-order valence-electron chi connectivity index (χ4n) is 2.42. The van der Waals surface area contributed by atoms with Crippen molar-refractivity contribution in [2.75, 3.05) is 0 Å². The first-order chi connectivity index (χ1) is 10.1. The van der Waals surface area contributed by atoms with Crippen LogP contribution in [0.5, 0.6) is 0 Å². The van der Waals surface area contributed by atoms with Crippen molar-refractivity contribution in [3.63, 3.8) is 0 Å². The lowest BCUT2D eigenvalue weighted by Crippen LogP contribution is -2.05. The molecular formula is C17H13BrFNO. The minimum Gasteiger partial charge on any atom is -0.388 e. The molecule has 0 amide bonds. The van der Waals surface area contributed by atoms with E-state index in [-0.39, 0.29) is 0 Å². The van der Waals surface area contributed by atoms with Gasteiger partial charge in [-0.15, -0.1) is 0 Å². The fourth-order valence-corrected chi connectivity index (χ4v) is 2.80. The van der Waals surface area contributed by atoms with Crippen LogP contribution in [0, 0.1) is 5.82 Å². The number of halogens is 2. The predicted molar refractivity (Wildman–Crippen MR) is 84.5 cm³/mol. The highest BCUT2D eigenvalue weighted by Gasteiger charge is 2.15. The monoisotopic (exact) mass is 345 g/mol. The van der Waals surface area contributed by atoms with Crippen LogP contribution < -0.4 is 0 Å². The summed E-state index contributed by atoms with van der Waals surface area (Å²) in [6, 6.07) is 14.2. The van der Waals surface area contributed by atoms with Crippen molar-refractivity contribution < 1.29 is 9.50 Å². The van der Waals surface area contributed by atoms with Gasteiger partial charge in [0.1, 0.15) is 5.82 Å². The first kappa shape index (κ1) is 14.2. The van der Waals surface area contributed by atoms with E-state index in [4.69, 9.17) is 0 Å². The summed E-state index contributed by atoms with van der Waals surface area (Å²) in [5.74, 6) is -0.399. The molecule has 0 aliphatic heterocycles. The molecule has 0 saturated carbocycles. The highest BCUT2D eigenvalue weighted by molar-refractivity contribution is 9.10. The molecule has 1 heterocycles. The molecule has 3 rings (SSSR count). The van der Waals surface area contributed by atoms with Crippen molar-refractivity contribution in [2.24, 2.45) is 0 Å². The van der Waals surface area contributed by atoms with Gasteiger partial charge in [-0.1, -0.05) is 34.1 Å². The number of aliphatic hydroxyl groups is 1. The van der Waals surface area contributed by atoms with E-state index in [1.807, 2.05) is 30.3 Å². The van der Waals surface area contributed by atoms with Crippen molar-refractivity contribution in [3.8, 4) is 0 Å². The average Bonchev–Trinajstić information content (AvgIpc) is 2.50. The van der Waals surface area contributed by atoms with Gasteiger partial charge in [0.05, 0.1) is 11.6 Å². The lowest BCUT2D eigenvalue weighted by atomic mass is 9.98. The first-order valence-electron chi connectivity index (χ1n) is 6.61. The number of rotatable bonds is 3. The zero-order valence-electron chi connectivity index (χ0n) is 11.1. The van der Waals surface area contributed by atoms with E-state index in [1.54, 1.807) is 18.3 Å². The summed E-state index contributed by atoms with van der Waals surface area (Å²) in [4.78, 5) is 4.29. The van der Waals surface area contributed by atoms with E-state index in [2.05, 4.69) is 20.9 Å². The van der Waals surface area contributed by atoms with E-state index in [9.17, 15) is 9.50 Å². The molecule has 3 aromatic rings. The molecule has 0 fully saturated rings. The Balaban J connectivity index is 1.96. The molecule has 2 nitrogen and oxygen atoms in total. The summed E-state index contributed by atoms with van der Waals surface area (Å²) < 4.78 is 14.6. The lowest BCUT2D eigenvalue weighted by molar-refractivity contribution is 0.174. The van der Waals surface area contributed by atoms with Crippen molar-refractivity contribution in [1.82, 2.24) is 4.98 Å². The van der Waals surface area contributed by atoms with Gasteiger partial charge < -0.3 is 5.11 Å². The molecule has 0 saturated heterocycles. The summed E-state index contributed by atoms with van der Waals surface area (Å²) in [6.45, 7) is 0. The molecule has 1 atom stereocenters. The number of aliphatic hydroxyl groups excluding tert-OH is 1. The fraction of sp³-hybridized carbons (Fsp3) is 0.118. The van der Waals surface area contributed by atoms with Crippen LogP contribution in [0.25, 0.3) is 10.9 Å². The normalized spacial score (nSPS) is 12.5. The maximum atomic E-state index is 13.8. The second kappa shape index (κ2) is 5.92. The Labute approximate surface area is 130 Å². The van der Waals surface area contributed by atoms with Crippen LogP contribution in [0.3, 0.4) is 0 Å². The Morgan fingerprint density at radius 1 is 1.14 bits per heavy atom. The molecule has 4 heteroatoms. The Bertz CT molecular complexity index is 785. The number of aromatic nitrogens is 1. The highest BCUT2D eigenvalue weighted by atomic mass is 79.9. The number of hydrogen-bond acceptors (Lipinski definition) is 2. The van der Waals surface area contributed by atoms with Crippen LogP contribution in [0.1, 0.15) is 17.2 Å². The minimum atomic E-state index is -0.895. The van der Waals surface area contributed by atoms with Crippen LogP contribution in [0.4, 0.5) is 4.39 Å². The molecule has 106 valence electrons. The summed E-state index contributed by atoms with van der Waals surface area (Å²) >= 11 is 3.30. The van der Waals surface area contributed by atoms with E-state index in [0.717, 1.165) is 20.9 Å². The van der Waals surface area contributed by atoms with Gasteiger partial charge in [-0.05, 0) is 35.9 Å². The number of nitrogens with zero attached hydrogens (tertiary/aromatic N) is 1. The van der Waals surface area contributed by atoms with Gasteiger partial charge in [0.2, 0.25) is 0 Å². The Morgan fingerprint density at radius 3 is 2.81 bits per heavy atom. The summed E-state index contributed by atoms with van der Waals surface area (Å²) in [7, 11) is 0. The van der Waals surface area contributed by atoms with Crippen LogP contribution >= 0.6 is 15.9 Å². The van der Waals surface area contributed by atoms with Gasteiger partial charge in [0, 0.05) is 28.0 Å². The predicted octanol–water partition coefficient (Wildman–Crippen LogP) is 4.41. The van der Waals surface area contributed by atoms with Crippen LogP contribution in [-0.2, 0) is 6.42 Å². The molecule has 0 bridgehead atoms. The van der Waals surface area contributed by atoms with Gasteiger partial charge in [-0.3, -0.25) is 4.98 Å². The van der Waals surface area contributed by atoms with E-state index < -0.39 is 11.9 Å². The molecule has 0 radical (unpaired) electrons. The van der Waals surface area contributed by atoms with E-state index >= 15 is 0 Å². The number of pyridine rings is 1. The van der Waals surface area contributed by atoms with Crippen molar-refractivity contribution in [1.29, 1.82) is 0 Å². The molecule has 0 aliphatic rings. The summed E-state index contributed by atoms with van der Waals surface area (Å²) in [5, 5.41) is 11.3. The third-order valence-electron chi connectivity index (χ3n) is 3.47. The van der Waals surface area contributed by atoms with Crippen LogP contribution in [-0.4, -0.2) is 10.1 Å². The van der Waals surface area contributed by atoms with Crippen LogP contribution in [0.15, 0.2) is 59.2 Å². The van der Waals surface area contributed by atoms with Gasteiger partial charge >= 0.3 is 0 Å². The maximum Gasteiger partial charge on any atom is 0.129 e. The van der Waals surface area contributed by atoms with Gasteiger partial charge in [0.15, 0.2) is 0 Å². The summed E-state index contributed by atoms with van der Waals surface area (Å²) in [6.07, 6.45) is 1.16. The van der Waals surface area contributed by atoms with Crippen molar-refractivity contribution >= 4 is 26.8 Å². The third-order valence-corrected chi connectivity index (χ3v) is 3.96. The number of fused-ring (bicyclic) bond motifs is 1. The average molecular weight is 346 g/mol. The number of hydrogen-bond donors (Lipinski definition) is 1. The van der Waals surface area contributed by atoms with E-state index in [0.29, 0.717) is 12.0 Å². The standard InChI is InChI=1S/C17H13BrFNO/c18-12-5-6-15(19)14(10-12)17(21)9-11-7-8-20-16-4-2-1-3-13(11)16/h1-8,10,17,21H,9H2. The smallest absolute Gasteiger partial charge is 0.129 e. The topological polar surface area (TPSA) is 33.1 Å². The number of benzene rings is 2. The molecule has 1 unspecified atom stereocenters. The summed E-state index contributed by atoms with van der Waals surface area (Å²) in [5.41, 5.74) is 2.12. The van der Waals surface area contributed by atoms with E-state index in [1.165, 1.54) is 6.07 Å². The Kier molecular flexibility index (Phi) is 3.99. The Hall–Kier alpha value is -1.78. The van der Waals surface area contributed by atoms with Gasteiger partial charge in [-0.2, -0.15) is 0 Å². The lowest BCUT2D eigenvalue weighted by Gasteiger charge is -2.14. The maximum absolute atomic E-state index is 13.8. The second-order valence-electron chi connectivity index (χ2n) is 4.87. The molecule has 2 aromatic carbocycles. The molecule has 21 heavy (non-hydrogen) atoms. The quantitative estimate of drug-likeness (QED) is 0.762. The highest BCUT2D eigenvalue weighted by Crippen LogP contribution is 2.27. The molecule has 1 N–H and O–H groups in total. The molecular weight excluding hydrogens is 333 g/mol. The molecule has 0 aliphatic carbocycles. The Morgan fingerprint density at radius 2 is 1.95 bits per heavy atom. The van der Waals surface area contributed by atoms with Crippen LogP contribution in [0.2, 0.25) is 0 Å². The van der Waals surface area contributed by atoms with Gasteiger partial charge in [-0.25, -0.2) is 4.39 Å². The minimum absolute atomic E-state index is 0.297. The first-order valence-corrected chi connectivity index (χ1v) is 7.40. The van der Waals surface area contributed by atoms with Crippen molar-refractivity contribution in [3.05, 3.63) is 76.1 Å². The van der Waals surface area contributed by atoms with Crippen molar-refractivity contribution in [2.45, 2.75) is 12.5 Å². The zero-order valence-corrected chi connectivity index (χ0v) is 12.7. The number of para-hydroxylation sites is 1. The zero-order chi connectivity index (χ0) is 14.8. The third kappa shape index (κ3) is 2.96. The molecule has 1 aromatic heterocycles.